The summed E-state index contributed by atoms with van der Waals surface area (Å²) in [6.45, 7) is 1.90. The molecule has 9 heteroatoms. The molecule has 2 saturated heterocycles. The van der Waals surface area contributed by atoms with Gasteiger partial charge in [-0.1, -0.05) is 48.5 Å². The van der Waals surface area contributed by atoms with E-state index < -0.39 is 0 Å². The Labute approximate surface area is 186 Å². The highest BCUT2D eigenvalue weighted by molar-refractivity contribution is 7.99. The third kappa shape index (κ3) is 4.79. The van der Waals surface area contributed by atoms with E-state index in [9.17, 15) is 4.79 Å². The van der Waals surface area contributed by atoms with E-state index in [-0.39, 0.29) is 18.1 Å². The second-order valence-electron chi connectivity index (χ2n) is 8.60. The minimum absolute atomic E-state index is 0.0321. The molecule has 4 atom stereocenters. The van der Waals surface area contributed by atoms with Crippen LogP contribution >= 0.6 is 11.8 Å². The number of hydrogen-bond acceptors (Lipinski definition) is 7. The number of carbonyl (C=O) groups excluding carboxylic acids is 1. The van der Waals surface area contributed by atoms with Crippen LogP contribution in [0.4, 0.5) is 0 Å². The van der Waals surface area contributed by atoms with Crippen molar-refractivity contribution in [2.45, 2.75) is 68.5 Å². The molecule has 0 spiro atoms. The van der Waals surface area contributed by atoms with E-state index in [0.29, 0.717) is 25.0 Å². The van der Waals surface area contributed by atoms with Gasteiger partial charge in [-0.2, -0.15) is 0 Å². The molecule has 2 aliphatic heterocycles. The Bertz CT molecular complexity index is 885. The van der Waals surface area contributed by atoms with E-state index in [1.54, 1.807) is 11.8 Å². The normalized spacial score (nSPS) is 27.5. The highest BCUT2D eigenvalue weighted by atomic mass is 32.2. The minimum Gasteiger partial charge on any atom is -0.377 e. The second kappa shape index (κ2) is 9.68. The lowest BCUT2D eigenvalue weighted by Crippen LogP contribution is -2.45. The number of carbonyl (C=O) groups is 1. The summed E-state index contributed by atoms with van der Waals surface area (Å²) in [5.41, 5.74) is 7.65. The number of amides is 1. The number of aromatic nitrogens is 3. The van der Waals surface area contributed by atoms with Crippen molar-refractivity contribution in [3.63, 3.8) is 0 Å². The van der Waals surface area contributed by atoms with Crippen LogP contribution in [0.3, 0.4) is 0 Å². The Hall–Kier alpha value is -1.94. The van der Waals surface area contributed by atoms with Crippen LogP contribution in [0, 0.1) is 5.92 Å². The number of nitrogens with one attached hydrogen (secondary N) is 3. The summed E-state index contributed by atoms with van der Waals surface area (Å²) in [7, 11) is 0. The lowest BCUT2D eigenvalue weighted by atomic mass is 9.97. The minimum atomic E-state index is -0.175. The lowest BCUT2D eigenvalue weighted by molar-refractivity contribution is -0.124. The molecule has 1 aromatic heterocycles. The van der Waals surface area contributed by atoms with Gasteiger partial charge in [0.2, 0.25) is 5.91 Å². The fourth-order valence-electron chi connectivity index (χ4n) is 4.83. The highest BCUT2D eigenvalue weighted by Crippen LogP contribution is 2.31. The molecule has 1 amide bonds. The third-order valence-electron chi connectivity index (χ3n) is 6.52. The number of hydrogen-bond donors (Lipinski definition) is 3. The summed E-state index contributed by atoms with van der Waals surface area (Å²) in [6, 6.07) is 10.5. The first-order valence-corrected chi connectivity index (χ1v) is 12.3. The number of benzene rings is 1. The molecule has 5 rings (SSSR count). The molecule has 3 N–H and O–H groups in total. The molecule has 3 aliphatic rings. The summed E-state index contributed by atoms with van der Waals surface area (Å²) in [6.07, 6.45) is 5.94. The Morgan fingerprint density at radius 3 is 2.90 bits per heavy atom. The van der Waals surface area contributed by atoms with Gasteiger partial charge in [0.1, 0.15) is 6.04 Å². The third-order valence-corrected chi connectivity index (χ3v) is 7.62. The molecule has 4 unspecified atom stereocenters. The average molecular weight is 443 g/mol. The van der Waals surface area contributed by atoms with E-state index in [1.165, 1.54) is 12.0 Å². The predicted molar refractivity (Wildman–Crippen MR) is 118 cm³/mol. The molecule has 1 saturated carbocycles. The van der Waals surface area contributed by atoms with Gasteiger partial charge < -0.3 is 14.6 Å². The summed E-state index contributed by atoms with van der Waals surface area (Å²) in [4.78, 5) is 12.8. The summed E-state index contributed by atoms with van der Waals surface area (Å²) < 4.78 is 7.88. The molecular formula is C22H30N6O2S. The van der Waals surface area contributed by atoms with Gasteiger partial charge in [-0.05, 0) is 31.2 Å². The second-order valence-corrected chi connectivity index (χ2v) is 9.59. The first-order chi connectivity index (χ1) is 15.3. The zero-order chi connectivity index (χ0) is 21.0. The van der Waals surface area contributed by atoms with Crippen molar-refractivity contribution < 1.29 is 9.53 Å². The number of thioether (sulfide) groups is 1. The lowest BCUT2D eigenvalue weighted by Gasteiger charge is -2.17. The van der Waals surface area contributed by atoms with Gasteiger partial charge in [0.25, 0.3) is 0 Å². The fourth-order valence-corrected chi connectivity index (χ4v) is 5.85. The molecule has 2 aromatic rings. The van der Waals surface area contributed by atoms with Gasteiger partial charge in [0.15, 0.2) is 11.0 Å². The van der Waals surface area contributed by atoms with Crippen molar-refractivity contribution in [3.8, 4) is 0 Å². The van der Waals surface area contributed by atoms with Crippen molar-refractivity contribution in [3.05, 3.63) is 41.7 Å². The molecule has 31 heavy (non-hydrogen) atoms. The van der Waals surface area contributed by atoms with Crippen molar-refractivity contribution in [1.82, 2.24) is 30.9 Å². The van der Waals surface area contributed by atoms with E-state index in [0.717, 1.165) is 49.0 Å². The molecule has 1 aromatic carbocycles. The Morgan fingerprint density at radius 1 is 1.16 bits per heavy atom. The average Bonchev–Trinajstić information content (AvgIpc) is 3.57. The zero-order valence-corrected chi connectivity index (χ0v) is 18.4. The van der Waals surface area contributed by atoms with Crippen molar-refractivity contribution in [1.29, 1.82) is 0 Å². The predicted octanol–water partition coefficient (Wildman–Crippen LogP) is 1.86. The van der Waals surface area contributed by atoms with E-state index >= 15 is 0 Å². The van der Waals surface area contributed by atoms with Crippen molar-refractivity contribution in [2.75, 3.05) is 12.4 Å². The maximum absolute atomic E-state index is 12.8. The number of fused-ring (bicyclic) bond motifs is 1. The largest absolute Gasteiger partial charge is 0.377 e. The molecule has 3 fully saturated rings. The quantitative estimate of drug-likeness (QED) is 0.538. The number of ether oxygens (including phenoxy) is 1. The number of rotatable bonds is 8. The van der Waals surface area contributed by atoms with Gasteiger partial charge in [-0.3, -0.25) is 10.2 Å². The van der Waals surface area contributed by atoms with Gasteiger partial charge >= 0.3 is 0 Å². The number of hydrazine groups is 1. The Kier molecular flexibility index (Phi) is 6.54. The Morgan fingerprint density at radius 2 is 2.06 bits per heavy atom. The van der Waals surface area contributed by atoms with Gasteiger partial charge in [0.05, 0.1) is 19.2 Å². The maximum Gasteiger partial charge on any atom is 0.239 e. The zero-order valence-electron chi connectivity index (χ0n) is 17.6. The van der Waals surface area contributed by atoms with E-state index in [2.05, 4.69) is 43.1 Å². The topological polar surface area (TPSA) is 93.1 Å². The van der Waals surface area contributed by atoms with Gasteiger partial charge in [-0.25, -0.2) is 5.43 Å². The van der Waals surface area contributed by atoms with Crippen LogP contribution in [0.1, 0.15) is 43.5 Å². The summed E-state index contributed by atoms with van der Waals surface area (Å²) in [5, 5.41) is 12.8. The van der Waals surface area contributed by atoms with Crippen LogP contribution in [0.15, 0.2) is 35.5 Å². The smallest absolute Gasteiger partial charge is 0.239 e. The van der Waals surface area contributed by atoms with Crippen LogP contribution in [-0.2, 0) is 22.6 Å². The molecule has 166 valence electrons. The molecule has 1 aliphatic carbocycles. The van der Waals surface area contributed by atoms with Gasteiger partial charge in [0, 0.05) is 24.3 Å². The highest BCUT2D eigenvalue weighted by Gasteiger charge is 2.42. The monoisotopic (exact) mass is 442 g/mol. The van der Waals surface area contributed by atoms with Crippen LogP contribution in [0.2, 0.25) is 0 Å². The van der Waals surface area contributed by atoms with Gasteiger partial charge in [-0.15, -0.1) is 10.2 Å². The van der Waals surface area contributed by atoms with Crippen LogP contribution in [-0.4, -0.2) is 51.2 Å². The summed E-state index contributed by atoms with van der Waals surface area (Å²) >= 11 is 1.69. The van der Waals surface area contributed by atoms with E-state index in [4.69, 9.17) is 4.74 Å². The standard InChI is InChI=1S/C22H30N6O2S/c29-21(20-17-9-4-10-18(17)24-26-20)23-12-19-25-27-22(31-14-16-8-5-11-30-16)28(19)13-15-6-2-1-3-7-15/h1-3,6-7,16-18,20,24,26H,4-5,8-14H2,(H,23,29). The first kappa shape index (κ1) is 20.9. The molecular weight excluding hydrogens is 412 g/mol. The molecule has 8 nitrogen and oxygen atoms in total. The fraction of sp³-hybridized carbons (Fsp3) is 0.591. The summed E-state index contributed by atoms with van der Waals surface area (Å²) in [5.74, 6) is 2.06. The molecule has 0 radical (unpaired) electrons. The van der Waals surface area contributed by atoms with Crippen LogP contribution < -0.4 is 16.2 Å². The molecule has 0 bridgehead atoms. The molecule has 3 heterocycles. The van der Waals surface area contributed by atoms with Crippen molar-refractivity contribution in [2.24, 2.45) is 5.92 Å². The van der Waals surface area contributed by atoms with Crippen LogP contribution in [0.25, 0.3) is 0 Å². The van der Waals surface area contributed by atoms with E-state index in [1.807, 2.05) is 18.2 Å². The van der Waals surface area contributed by atoms with Crippen molar-refractivity contribution >= 4 is 17.7 Å². The first-order valence-electron chi connectivity index (χ1n) is 11.3. The van der Waals surface area contributed by atoms with Crippen LogP contribution in [0.5, 0.6) is 0 Å². The maximum atomic E-state index is 12.8. The SMILES string of the molecule is O=C(NCc1nnc(SCC2CCCO2)n1Cc1ccccc1)C1NNC2CCCC21. The number of nitrogens with zero attached hydrogens (tertiary/aromatic N) is 3. The Balaban J connectivity index is 1.27.